The molecule has 0 aliphatic heterocycles. The van der Waals surface area contributed by atoms with Gasteiger partial charge in [0.15, 0.2) is 0 Å². The van der Waals surface area contributed by atoms with Crippen LogP contribution in [-0.2, 0) is 14.4 Å². The Morgan fingerprint density at radius 3 is 1.61 bits per heavy atom. The van der Waals surface area contributed by atoms with Crippen molar-refractivity contribution in [1.82, 2.24) is 4.90 Å². The van der Waals surface area contributed by atoms with Gasteiger partial charge in [-0.25, -0.2) is 14.4 Å². The van der Waals surface area contributed by atoms with Crippen molar-refractivity contribution >= 4 is 17.9 Å². The Labute approximate surface area is 218 Å². The number of unbranched alkanes of at least 4 members (excludes halogenated alkanes) is 9. The van der Waals surface area contributed by atoms with E-state index < -0.39 is 23.3 Å². The molecular weight excluding hydrogens is 458 g/mol. The third-order valence-corrected chi connectivity index (χ3v) is 6.61. The average molecular weight is 508 g/mol. The number of rotatable bonds is 22. The smallest absolute Gasteiger partial charge is 0.332 e. The Balaban J connectivity index is 5.82. The zero-order valence-corrected chi connectivity index (χ0v) is 23.0. The second kappa shape index (κ2) is 18.8. The Kier molecular flexibility index (Phi) is 17.5. The Morgan fingerprint density at radius 1 is 0.722 bits per heavy atom. The first-order chi connectivity index (χ1) is 17.0. The highest BCUT2D eigenvalue weighted by molar-refractivity contribution is 5.92. The van der Waals surface area contributed by atoms with Crippen molar-refractivity contribution < 1.29 is 29.7 Å². The molecule has 7 nitrogen and oxygen atoms in total. The van der Waals surface area contributed by atoms with Crippen LogP contribution >= 0.6 is 0 Å². The summed E-state index contributed by atoms with van der Waals surface area (Å²) in [7, 11) is 3.80. The lowest BCUT2D eigenvalue weighted by molar-refractivity contribution is -0.134. The molecule has 3 N–H and O–H groups in total. The first kappa shape index (κ1) is 33.6. The number of carboxylic acids is 3. The van der Waals surface area contributed by atoms with Gasteiger partial charge in [-0.15, -0.1) is 0 Å². The molecule has 0 aliphatic carbocycles. The Morgan fingerprint density at radius 2 is 1.19 bits per heavy atom. The van der Waals surface area contributed by atoms with E-state index in [0.29, 0.717) is 25.8 Å². The standard InChI is InChI=1S/C29H49NO6/c1-6-8-9-10-11-12-13-14-15-16-19-29(23(3)26(31)32,21-24(7-2)27(33)34)22-25(28(35)36)18-17-20-30(4)5/h21-22H,3,6-20H2,1-2,4-5H3,(H,31,32)(H,33,34)(H,35,36). The molecule has 0 radical (unpaired) electrons. The number of allylic oxidation sites excluding steroid dienone is 2. The lowest BCUT2D eigenvalue weighted by atomic mass is 9.73. The Hall–Kier alpha value is -2.41. The van der Waals surface area contributed by atoms with Crippen LogP contribution in [0.15, 0.2) is 35.5 Å². The van der Waals surface area contributed by atoms with Crippen molar-refractivity contribution in [3.8, 4) is 0 Å². The highest BCUT2D eigenvalue weighted by atomic mass is 16.4. The van der Waals surface area contributed by atoms with Gasteiger partial charge in [-0.05, 0) is 46.3 Å². The molecule has 0 heterocycles. The molecule has 0 amide bonds. The highest BCUT2D eigenvalue weighted by Gasteiger charge is 2.35. The maximum absolute atomic E-state index is 12.1. The van der Waals surface area contributed by atoms with Gasteiger partial charge in [0.1, 0.15) is 0 Å². The van der Waals surface area contributed by atoms with Crippen LogP contribution in [0.5, 0.6) is 0 Å². The maximum Gasteiger partial charge on any atom is 0.332 e. The molecule has 36 heavy (non-hydrogen) atoms. The largest absolute Gasteiger partial charge is 0.478 e. The molecule has 0 aromatic carbocycles. The monoisotopic (exact) mass is 507 g/mol. The molecule has 1 unspecified atom stereocenters. The van der Waals surface area contributed by atoms with E-state index in [2.05, 4.69) is 13.5 Å². The van der Waals surface area contributed by atoms with E-state index in [0.717, 1.165) is 19.3 Å². The minimum Gasteiger partial charge on any atom is -0.478 e. The third kappa shape index (κ3) is 13.6. The van der Waals surface area contributed by atoms with E-state index in [1.807, 2.05) is 19.0 Å². The third-order valence-electron chi connectivity index (χ3n) is 6.61. The SMILES string of the molecule is C=C(C(=O)O)C(C=C(CC)C(=O)O)(C=C(CCCN(C)C)C(=O)O)CCCCCCCCCCCC. The number of aliphatic carboxylic acids is 3. The van der Waals surface area contributed by atoms with E-state index in [1.54, 1.807) is 6.92 Å². The van der Waals surface area contributed by atoms with Crippen LogP contribution in [0.4, 0.5) is 0 Å². The second-order valence-corrected chi connectivity index (χ2v) is 9.97. The fourth-order valence-corrected chi connectivity index (χ4v) is 4.38. The van der Waals surface area contributed by atoms with Gasteiger partial charge in [-0.2, -0.15) is 0 Å². The van der Waals surface area contributed by atoms with Gasteiger partial charge in [-0.3, -0.25) is 0 Å². The van der Waals surface area contributed by atoms with Crippen molar-refractivity contribution in [1.29, 1.82) is 0 Å². The lowest BCUT2D eigenvalue weighted by Gasteiger charge is -2.30. The summed E-state index contributed by atoms with van der Waals surface area (Å²) >= 11 is 0. The fourth-order valence-electron chi connectivity index (χ4n) is 4.38. The van der Waals surface area contributed by atoms with E-state index in [9.17, 15) is 29.7 Å². The summed E-state index contributed by atoms with van der Waals surface area (Å²) in [4.78, 5) is 37.9. The van der Waals surface area contributed by atoms with Gasteiger partial charge in [0.2, 0.25) is 0 Å². The summed E-state index contributed by atoms with van der Waals surface area (Å²) in [5, 5.41) is 29.4. The molecule has 0 saturated heterocycles. The van der Waals surface area contributed by atoms with Crippen LogP contribution in [0.3, 0.4) is 0 Å². The van der Waals surface area contributed by atoms with Crippen LogP contribution in [0.25, 0.3) is 0 Å². The summed E-state index contributed by atoms with van der Waals surface area (Å²) in [5.41, 5.74) is -1.43. The summed E-state index contributed by atoms with van der Waals surface area (Å²) in [6.45, 7) is 8.35. The van der Waals surface area contributed by atoms with Crippen LogP contribution in [-0.4, -0.2) is 58.8 Å². The van der Waals surface area contributed by atoms with Crippen molar-refractivity contribution in [2.24, 2.45) is 5.41 Å². The van der Waals surface area contributed by atoms with Gasteiger partial charge in [0, 0.05) is 22.1 Å². The van der Waals surface area contributed by atoms with Crippen molar-refractivity contribution in [2.45, 2.75) is 104 Å². The van der Waals surface area contributed by atoms with Gasteiger partial charge in [-0.1, -0.05) is 96.8 Å². The Bertz CT molecular complexity index is 768. The molecule has 0 spiro atoms. The molecule has 206 valence electrons. The molecule has 0 aromatic rings. The molecule has 0 bridgehead atoms. The second-order valence-electron chi connectivity index (χ2n) is 9.97. The van der Waals surface area contributed by atoms with E-state index >= 15 is 0 Å². The predicted molar refractivity (Wildman–Crippen MR) is 145 cm³/mol. The van der Waals surface area contributed by atoms with Crippen molar-refractivity contribution in [2.75, 3.05) is 20.6 Å². The molecule has 0 rings (SSSR count). The normalized spacial score (nSPS) is 14.0. The summed E-state index contributed by atoms with van der Waals surface area (Å²) < 4.78 is 0. The number of hydrogen-bond acceptors (Lipinski definition) is 4. The van der Waals surface area contributed by atoms with Gasteiger partial charge >= 0.3 is 17.9 Å². The van der Waals surface area contributed by atoms with E-state index in [4.69, 9.17) is 0 Å². The number of carboxylic acid groups (broad SMARTS) is 3. The zero-order chi connectivity index (χ0) is 27.6. The van der Waals surface area contributed by atoms with Crippen molar-refractivity contribution in [3.63, 3.8) is 0 Å². The summed E-state index contributed by atoms with van der Waals surface area (Å²) in [6.07, 6.45) is 15.3. The lowest BCUT2D eigenvalue weighted by Crippen LogP contribution is -2.26. The van der Waals surface area contributed by atoms with Crippen LogP contribution in [0.2, 0.25) is 0 Å². The molecule has 7 heteroatoms. The summed E-state index contributed by atoms with van der Waals surface area (Å²) in [6, 6.07) is 0. The van der Waals surface area contributed by atoms with Crippen molar-refractivity contribution in [3.05, 3.63) is 35.5 Å². The molecular formula is C29H49NO6. The van der Waals surface area contributed by atoms with Gasteiger partial charge in [0.05, 0.1) is 0 Å². The minimum absolute atomic E-state index is 0.0544. The molecule has 1 atom stereocenters. The molecule has 0 saturated carbocycles. The van der Waals surface area contributed by atoms with Crippen LogP contribution < -0.4 is 0 Å². The molecule has 0 aliphatic rings. The topological polar surface area (TPSA) is 115 Å². The number of hydrogen-bond donors (Lipinski definition) is 3. The highest BCUT2D eigenvalue weighted by Crippen LogP contribution is 2.40. The van der Waals surface area contributed by atoms with E-state index in [1.165, 1.54) is 50.7 Å². The fraction of sp³-hybridized carbons (Fsp3) is 0.690. The van der Waals surface area contributed by atoms with Crippen LogP contribution in [0.1, 0.15) is 104 Å². The maximum atomic E-state index is 12.1. The van der Waals surface area contributed by atoms with E-state index in [-0.39, 0.29) is 29.6 Å². The molecule has 0 aromatic heterocycles. The number of carbonyl (C=O) groups is 3. The summed E-state index contributed by atoms with van der Waals surface area (Å²) in [5.74, 6) is -3.52. The minimum atomic E-state index is -1.37. The van der Waals surface area contributed by atoms with Gasteiger partial charge in [0.25, 0.3) is 0 Å². The zero-order valence-electron chi connectivity index (χ0n) is 23.0. The first-order valence-electron chi connectivity index (χ1n) is 13.5. The van der Waals surface area contributed by atoms with Gasteiger partial charge < -0.3 is 20.2 Å². The first-order valence-corrected chi connectivity index (χ1v) is 13.5. The number of nitrogens with zero attached hydrogens (tertiary/aromatic N) is 1. The van der Waals surface area contributed by atoms with Crippen LogP contribution in [0, 0.1) is 5.41 Å². The molecule has 0 fully saturated rings. The average Bonchev–Trinajstić information content (AvgIpc) is 2.81. The predicted octanol–water partition coefficient (Wildman–Crippen LogP) is 6.70. The quantitative estimate of drug-likeness (QED) is 0.110.